The zero-order chi connectivity index (χ0) is 28.4. The lowest BCUT2D eigenvalue weighted by Gasteiger charge is -2.37. The van der Waals surface area contributed by atoms with Crippen molar-refractivity contribution in [2.75, 3.05) is 13.2 Å². The van der Waals surface area contributed by atoms with Gasteiger partial charge in [0.2, 0.25) is 0 Å². The number of carboxylic acid groups (broad SMARTS) is 1. The summed E-state index contributed by atoms with van der Waals surface area (Å²) >= 11 is 0. The third-order valence-corrected chi connectivity index (χ3v) is 7.37. The van der Waals surface area contributed by atoms with Crippen LogP contribution in [0.2, 0.25) is 0 Å². The third kappa shape index (κ3) is 5.48. The van der Waals surface area contributed by atoms with E-state index in [9.17, 15) is 29.0 Å². The van der Waals surface area contributed by atoms with Gasteiger partial charge in [-0.3, -0.25) is 14.5 Å². The van der Waals surface area contributed by atoms with Crippen LogP contribution in [-0.4, -0.2) is 63.2 Å². The van der Waals surface area contributed by atoms with E-state index < -0.39 is 24.1 Å². The van der Waals surface area contributed by atoms with Gasteiger partial charge in [-0.05, 0) is 59.9 Å². The molecule has 0 aliphatic carbocycles. The molecule has 2 heterocycles. The SMILES string of the molecule is CCOc1cc2c(cc1C(=O)NCC(O)[C@@H]1Cc3ccccc3CN1C(=O)O)CN(Cc1ccc(F)cc1)C2=O. The molecule has 208 valence electrons. The van der Waals surface area contributed by atoms with Crippen molar-refractivity contribution in [2.45, 2.75) is 45.1 Å². The molecule has 2 aliphatic rings. The lowest BCUT2D eigenvalue weighted by Crippen LogP contribution is -2.53. The summed E-state index contributed by atoms with van der Waals surface area (Å²) in [5, 5.41) is 23.4. The Balaban J connectivity index is 1.30. The van der Waals surface area contributed by atoms with Crippen molar-refractivity contribution in [3.8, 4) is 5.75 Å². The Kier molecular flexibility index (Phi) is 7.70. The van der Waals surface area contributed by atoms with Crippen molar-refractivity contribution in [2.24, 2.45) is 0 Å². The van der Waals surface area contributed by atoms with Crippen molar-refractivity contribution in [3.05, 3.63) is 99.9 Å². The molecule has 0 saturated carbocycles. The Morgan fingerprint density at radius 3 is 2.50 bits per heavy atom. The molecule has 3 amide bonds. The van der Waals surface area contributed by atoms with Crippen LogP contribution < -0.4 is 10.1 Å². The number of aliphatic hydroxyl groups is 1. The fourth-order valence-electron chi connectivity index (χ4n) is 5.32. The number of aliphatic hydroxyl groups excluding tert-OH is 1. The standard InChI is InChI=1S/C30H30FN3O6/c1-2-40-27-13-23-21(16-33(29(23)37)15-18-7-9-22(31)10-8-18)11-24(27)28(36)32-14-26(35)25-12-19-5-3-4-6-20(19)17-34(25)30(38)39/h3-11,13,25-26,35H,2,12,14-17H2,1H3,(H,32,36)(H,38,39)/t25-,26?/m0/s1. The van der Waals surface area contributed by atoms with Gasteiger partial charge < -0.3 is 25.2 Å². The molecule has 3 N–H and O–H groups in total. The number of hydrogen-bond donors (Lipinski definition) is 3. The molecule has 5 rings (SSSR count). The molecule has 0 aromatic heterocycles. The average Bonchev–Trinajstić information content (AvgIpc) is 3.25. The first-order valence-corrected chi connectivity index (χ1v) is 13.1. The second kappa shape index (κ2) is 11.4. The number of benzene rings is 3. The van der Waals surface area contributed by atoms with Crippen molar-refractivity contribution in [1.29, 1.82) is 0 Å². The highest BCUT2D eigenvalue weighted by atomic mass is 19.1. The fourth-order valence-corrected chi connectivity index (χ4v) is 5.32. The number of fused-ring (bicyclic) bond motifs is 2. The van der Waals surface area contributed by atoms with Gasteiger partial charge in [-0.2, -0.15) is 0 Å². The maximum Gasteiger partial charge on any atom is 0.407 e. The van der Waals surface area contributed by atoms with Gasteiger partial charge in [0.25, 0.3) is 11.8 Å². The van der Waals surface area contributed by atoms with E-state index >= 15 is 0 Å². The monoisotopic (exact) mass is 547 g/mol. The predicted molar refractivity (Wildman–Crippen MR) is 143 cm³/mol. The number of rotatable bonds is 8. The number of carbonyl (C=O) groups excluding carboxylic acids is 2. The van der Waals surface area contributed by atoms with Gasteiger partial charge in [0.05, 0.1) is 24.3 Å². The fraction of sp³-hybridized carbons (Fsp3) is 0.300. The van der Waals surface area contributed by atoms with Crippen LogP contribution >= 0.6 is 0 Å². The predicted octanol–water partition coefficient (Wildman–Crippen LogP) is 3.58. The van der Waals surface area contributed by atoms with Crippen LogP contribution in [0.5, 0.6) is 5.75 Å². The van der Waals surface area contributed by atoms with Crippen molar-refractivity contribution in [1.82, 2.24) is 15.1 Å². The minimum atomic E-state index is -1.15. The smallest absolute Gasteiger partial charge is 0.407 e. The lowest BCUT2D eigenvalue weighted by molar-refractivity contribution is 0.0382. The summed E-state index contributed by atoms with van der Waals surface area (Å²) in [4.78, 5) is 41.1. The second-order valence-electron chi connectivity index (χ2n) is 9.95. The zero-order valence-corrected chi connectivity index (χ0v) is 22.0. The number of ether oxygens (including phenoxy) is 1. The Hall–Kier alpha value is -4.44. The molecule has 0 bridgehead atoms. The maximum atomic E-state index is 13.3. The van der Waals surface area contributed by atoms with Crippen molar-refractivity contribution < 1.29 is 33.7 Å². The topological polar surface area (TPSA) is 119 Å². The van der Waals surface area contributed by atoms with Gasteiger partial charge in [-0.25, -0.2) is 9.18 Å². The van der Waals surface area contributed by atoms with Crippen LogP contribution in [-0.2, 0) is 26.1 Å². The van der Waals surface area contributed by atoms with Gasteiger partial charge >= 0.3 is 6.09 Å². The van der Waals surface area contributed by atoms with Crippen molar-refractivity contribution >= 4 is 17.9 Å². The summed E-state index contributed by atoms with van der Waals surface area (Å²) < 4.78 is 19.0. The zero-order valence-electron chi connectivity index (χ0n) is 22.0. The van der Waals surface area contributed by atoms with E-state index in [2.05, 4.69) is 5.32 Å². The molecule has 9 nitrogen and oxygen atoms in total. The number of nitrogens with zero attached hydrogens (tertiary/aromatic N) is 2. The molecule has 1 unspecified atom stereocenters. The molecule has 2 aliphatic heterocycles. The quantitative estimate of drug-likeness (QED) is 0.397. The van der Waals surface area contributed by atoms with Crippen LogP contribution in [0, 0.1) is 5.82 Å². The van der Waals surface area contributed by atoms with E-state index in [1.165, 1.54) is 17.0 Å². The van der Waals surface area contributed by atoms with E-state index in [4.69, 9.17) is 4.74 Å². The first kappa shape index (κ1) is 27.1. The molecule has 10 heteroatoms. The van der Waals surface area contributed by atoms with Crippen LogP contribution in [0.1, 0.15) is 49.9 Å². The van der Waals surface area contributed by atoms with E-state index in [1.54, 1.807) is 36.1 Å². The third-order valence-electron chi connectivity index (χ3n) is 7.37. The molecule has 40 heavy (non-hydrogen) atoms. The van der Waals surface area contributed by atoms with Crippen LogP contribution in [0.3, 0.4) is 0 Å². The summed E-state index contributed by atoms with van der Waals surface area (Å²) in [6.07, 6.45) is -1.96. The lowest BCUT2D eigenvalue weighted by atomic mass is 9.91. The minimum absolute atomic E-state index is 0.156. The number of amides is 3. The van der Waals surface area contributed by atoms with E-state index in [1.807, 2.05) is 24.3 Å². The highest BCUT2D eigenvalue weighted by Gasteiger charge is 2.35. The molecule has 0 fully saturated rings. The largest absolute Gasteiger partial charge is 0.493 e. The number of carbonyl (C=O) groups is 3. The highest BCUT2D eigenvalue weighted by Crippen LogP contribution is 2.32. The first-order valence-electron chi connectivity index (χ1n) is 13.1. The summed E-state index contributed by atoms with van der Waals surface area (Å²) in [6.45, 7) is 2.58. The molecule has 0 radical (unpaired) electrons. The first-order chi connectivity index (χ1) is 19.2. The summed E-state index contributed by atoms with van der Waals surface area (Å²) in [5.74, 6) is -0.836. The van der Waals surface area contributed by atoms with E-state index in [0.717, 1.165) is 16.7 Å². The highest BCUT2D eigenvalue weighted by molar-refractivity contribution is 6.03. The molecular formula is C30H30FN3O6. The Bertz CT molecular complexity index is 1440. The molecule has 0 spiro atoms. The Morgan fingerprint density at radius 1 is 1.07 bits per heavy atom. The Morgan fingerprint density at radius 2 is 1.80 bits per heavy atom. The summed E-state index contributed by atoms with van der Waals surface area (Å²) in [6, 6.07) is 15.9. The minimum Gasteiger partial charge on any atom is -0.493 e. The molecule has 2 atom stereocenters. The molecular weight excluding hydrogens is 517 g/mol. The normalized spacial score (nSPS) is 16.8. The average molecular weight is 548 g/mol. The van der Waals surface area contributed by atoms with Crippen LogP contribution in [0.15, 0.2) is 60.7 Å². The van der Waals surface area contributed by atoms with Crippen LogP contribution in [0.25, 0.3) is 0 Å². The van der Waals surface area contributed by atoms with Gasteiger partial charge in [-0.15, -0.1) is 0 Å². The van der Waals surface area contributed by atoms with Crippen LogP contribution in [0.4, 0.5) is 9.18 Å². The molecule has 3 aromatic carbocycles. The van der Waals surface area contributed by atoms with E-state index in [-0.39, 0.29) is 55.8 Å². The van der Waals surface area contributed by atoms with Gasteiger partial charge in [0.1, 0.15) is 11.6 Å². The number of nitrogens with one attached hydrogen (secondary N) is 1. The molecule has 3 aromatic rings. The number of halogens is 1. The molecule has 0 saturated heterocycles. The van der Waals surface area contributed by atoms with E-state index in [0.29, 0.717) is 17.5 Å². The second-order valence-corrected chi connectivity index (χ2v) is 9.95. The van der Waals surface area contributed by atoms with Gasteiger partial charge in [-0.1, -0.05) is 36.4 Å². The summed E-state index contributed by atoms with van der Waals surface area (Å²) in [7, 11) is 0. The Labute approximate surface area is 230 Å². The van der Waals surface area contributed by atoms with Gasteiger partial charge in [0.15, 0.2) is 0 Å². The number of hydrogen-bond acceptors (Lipinski definition) is 5. The van der Waals surface area contributed by atoms with Crippen molar-refractivity contribution in [3.63, 3.8) is 0 Å². The summed E-state index contributed by atoms with van der Waals surface area (Å²) in [5.41, 5.74) is 3.93. The van der Waals surface area contributed by atoms with Gasteiger partial charge in [0, 0.05) is 31.7 Å². The maximum absolute atomic E-state index is 13.3.